The Labute approximate surface area is 161 Å². The second-order valence-corrected chi connectivity index (χ2v) is 10.1. The molecule has 4 nitrogen and oxygen atoms in total. The Bertz CT molecular complexity index is 722. The predicted octanol–water partition coefficient (Wildman–Crippen LogP) is 3.65. The van der Waals surface area contributed by atoms with Crippen molar-refractivity contribution in [3.63, 3.8) is 0 Å². The molecule has 4 aliphatic rings. The van der Waals surface area contributed by atoms with Crippen LogP contribution in [0.15, 0.2) is 11.6 Å². The molecule has 0 aromatic rings. The number of rotatable bonds is 3. The van der Waals surface area contributed by atoms with Crippen LogP contribution in [0.1, 0.15) is 72.1 Å². The largest absolute Gasteiger partial charge is 0.393 e. The number of fused-ring (bicyclic) bond motifs is 5. The van der Waals surface area contributed by atoms with Gasteiger partial charge < -0.3 is 5.11 Å². The maximum Gasteiger partial charge on any atom is 0.155 e. The first-order valence-electron chi connectivity index (χ1n) is 10.6. The summed E-state index contributed by atoms with van der Waals surface area (Å²) < 4.78 is 0. The second kappa shape index (κ2) is 6.37. The first-order chi connectivity index (χ1) is 12.7. The van der Waals surface area contributed by atoms with Crippen LogP contribution in [0.3, 0.4) is 0 Å². The maximum atomic E-state index is 12.9. The normalized spacial score (nSPS) is 46.1. The molecule has 27 heavy (non-hydrogen) atoms. The lowest BCUT2D eigenvalue weighted by Crippen LogP contribution is -2.52. The fraction of sp³-hybridized carbons (Fsp3) is 0.783. The van der Waals surface area contributed by atoms with E-state index in [1.54, 1.807) is 0 Å². The van der Waals surface area contributed by atoms with Crippen LogP contribution in [0.25, 0.3) is 0 Å². The van der Waals surface area contributed by atoms with Gasteiger partial charge in [0.2, 0.25) is 0 Å². The molecule has 148 valence electrons. The van der Waals surface area contributed by atoms with E-state index in [0.717, 1.165) is 32.1 Å². The molecule has 0 spiro atoms. The molecule has 7 atom stereocenters. The summed E-state index contributed by atoms with van der Waals surface area (Å²) in [5.41, 5.74) is 1.15. The summed E-state index contributed by atoms with van der Waals surface area (Å²) in [6.45, 7) is 5.96. The molecule has 1 N–H and O–H groups in total. The number of Topliss-reactive ketones (excluding diaryl/α,β-unsaturated/α-hetero) is 2. The van der Waals surface area contributed by atoms with Crippen molar-refractivity contribution in [2.75, 3.05) is 0 Å². The Kier molecular flexibility index (Phi) is 4.49. The molecule has 4 aliphatic carbocycles. The molecular weight excluding hydrogens is 340 g/mol. The highest BCUT2D eigenvalue weighted by Crippen LogP contribution is 2.66. The van der Waals surface area contributed by atoms with Crippen molar-refractivity contribution in [2.45, 2.75) is 78.2 Å². The number of ketones is 3. The molecule has 0 aliphatic heterocycles. The molecule has 0 aromatic heterocycles. The number of carbonyl (C=O) groups is 3. The molecule has 3 fully saturated rings. The molecule has 4 heteroatoms. The monoisotopic (exact) mass is 372 g/mol. The van der Waals surface area contributed by atoms with E-state index in [1.807, 2.05) is 6.08 Å². The molecule has 0 heterocycles. The van der Waals surface area contributed by atoms with Crippen LogP contribution in [0.2, 0.25) is 0 Å². The highest BCUT2D eigenvalue weighted by molar-refractivity contribution is 5.99. The van der Waals surface area contributed by atoms with Crippen LogP contribution in [0.5, 0.6) is 0 Å². The van der Waals surface area contributed by atoms with Crippen molar-refractivity contribution >= 4 is 17.3 Å². The molecule has 0 amide bonds. The average Bonchev–Trinajstić information content (AvgIpc) is 2.87. The molecule has 0 saturated heterocycles. The number of aliphatic hydroxyl groups excluding tert-OH is 1. The topological polar surface area (TPSA) is 71.4 Å². The van der Waals surface area contributed by atoms with Gasteiger partial charge in [-0.05, 0) is 80.1 Å². The van der Waals surface area contributed by atoms with Crippen molar-refractivity contribution < 1.29 is 19.5 Å². The van der Waals surface area contributed by atoms with E-state index >= 15 is 0 Å². The number of carbonyl (C=O) groups excluding carboxylic acids is 3. The summed E-state index contributed by atoms with van der Waals surface area (Å²) in [4.78, 5) is 36.4. The SMILES string of the molecule is CC(=O)CC(=O)C1C[C@H](O)[C@@]2(C)CC[C@H]3[C@@H](CCC4=CC(=O)CC[C@@]43C)[C@H]12. The Hall–Kier alpha value is -1.29. The summed E-state index contributed by atoms with van der Waals surface area (Å²) in [5.74, 6) is 1.05. The highest BCUT2D eigenvalue weighted by Gasteiger charge is 2.62. The fourth-order valence-electron chi connectivity index (χ4n) is 7.35. The van der Waals surface area contributed by atoms with Crippen molar-refractivity contribution in [2.24, 2.45) is 34.5 Å². The van der Waals surface area contributed by atoms with Gasteiger partial charge in [-0.15, -0.1) is 0 Å². The minimum atomic E-state index is -0.456. The number of allylic oxidation sites excluding steroid dienone is 1. The van der Waals surface area contributed by atoms with Crippen molar-refractivity contribution in [1.82, 2.24) is 0 Å². The molecule has 0 aromatic carbocycles. The molecule has 1 unspecified atom stereocenters. The molecular formula is C23H32O4. The summed E-state index contributed by atoms with van der Waals surface area (Å²) in [7, 11) is 0. The summed E-state index contributed by atoms with van der Waals surface area (Å²) in [5, 5.41) is 10.9. The zero-order valence-corrected chi connectivity index (χ0v) is 16.8. The van der Waals surface area contributed by atoms with E-state index in [2.05, 4.69) is 13.8 Å². The molecule has 3 saturated carbocycles. The lowest BCUT2D eigenvalue weighted by molar-refractivity contribution is -0.133. The smallest absolute Gasteiger partial charge is 0.155 e. The van der Waals surface area contributed by atoms with Gasteiger partial charge >= 0.3 is 0 Å². The average molecular weight is 373 g/mol. The van der Waals surface area contributed by atoms with Crippen LogP contribution in [-0.4, -0.2) is 28.6 Å². The van der Waals surface area contributed by atoms with Crippen LogP contribution in [0, 0.1) is 34.5 Å². The molecule has 0 radical (unpaired) electrons. The minimum Gasteiger partial charge on any atom is -0.393 e. The van der Waals surface area contributed by atoms with Crippen LogP contribution >= 0.6 is 0 Å². The summed E-state index contributed by atoms with van der Waals surface area (Å²) in [6, 6.07) is 0. The Morgan fingerprint density at radius 1 is 1.19 bits per heavy atom. The fourth-order valence-corrected chi connectivity index (χ4v) is 7.35. The number of hydrogen-bond donors (Lipinski definition) is 1. The van der Waals surface area contributed by atoms with E-state index in [1.165, 1.54) is 12.5 Å². The van der Waals surface area contributed by atoms with Crippen LogP contribution in [-0.2, 0) is 14.4 Å². The van der Waals surface area contributed by atoms with Gasteiger partial charge in [-0.25, -0.2) is 0 Å². The zero-order chi connectivity index (χ0) is 19.6. The summed E-state index contributed by atoms with van der Waals surface area (Å²) >= 11 is 0. The van der Waals surface area contributed by atoms with Crippen molar-refractivity contribution in [3.8, 4) is 0 Å². The van der Waals surface area contributed by atoms with Crippen molar-refractivity contribution in [1.29, 1.82) is 0 Å². The predicted molar refractivity (Wildman–Crippen MR) is 102 cm³/mol. The number of aliphatic hydroxyl groups is 1. The first-order valence-corrected chi connectivity index (χ1v) is 10.6. The van der Waals surface area contributed by atoms with Gasteiger partial charge in [0.25, 0.3) is 0 Å². The quantitative estimate of drug-likeness (QED) is 0.768. The molecule has 4 rings (SSSR count). The Balaban J connectivity index is 1.69. The third kappa shape index (κ3) is 2.78. The van der Waals surface area contributed by atoms with E-state index in [9.17, 15) is 19.5 Å². The second-order valence-electron chi connectivity index (χ2n) is 10.1. The summed E-state index contributed by atoms with van der Waals surface area (Å²) in [6.07, 6.45) is 7.41. The van der Waals surface area contributed by atoms with Gasteiger partial charge in [0, 0.05) is 12.3 Å². The van der Waals surface area contributed by atoms with E-state index in [0.29, 0.717) is 24.7 Å². The minimum absolute atomic E-state index is 0.00171. The highest BCUT2D eigenvalue weighted by atomic mass is 16.3. The van der Waals surface area contributed by atoms with Gasteiger partial charge in [0.1, 0.15) is 11.6 Å². The van der Waals surface area contributed by atoms with Gasteiger partial charge in [-0.2, -0.15) is 0 Å². The standard InChI is InChI=1S/C23H32O4/c1-13(24)10-19(26)17-12-20(27)23(3)9-7-18-16(21(17)23)5-4-14-11-15(25)6-8-22(14,18)2/h11,16-18,20-21,27H,4-10,12H2,1-3H3/t16-,17?,18+,20+,21-,22+,23-/m1/s1. The number of hydrogen-bond acceptors (Lipinski definition) is 4. The maximum absolute atomic E-state index is 12.9. The van der Waals surface area contributed by atoms with Crippen molar-refractivity contribution in [3.05, 3.63) is 11.6 Å². The van der Waals surface area contributed by atoms with Gasteiger partial charge in [0.15, 0.2) is 5.78 Å². The zero-order valence-electron chi connectivity index (χ0n) is 16.8. The lowest BCUT2D eigenvalue weighted by atomic mass is 9.46. The first kappa shape index (κ1) is 19.0. The van der Waals surface area contributed by atoms with Gasteiger partial charge in [-0.3, -0.25) is 14.4 Å². The van der Waals surface area contributed by atoms with Crippen LogP contribution in [0.4, 0.5) is 0 Å². The van der Waals surface area contributed by atoms with Gasteiger partial charge in [0.05, 0.1) is 12.5 Å². The Morgan fingerprint density at radius 2 is 1.93 bits per heavy atom. The van der Waals surface area contributed by atoms with E-state index in [-0.39, 0.29) is 46.4 Å². The van der Waals surface area contributed by atoms with Crippen LogP contribution < -0.4 is 0 Å². The Morgan fingerprint density at radius 3 is 2.63 bits per heavy atom. The molecule has 0 bridgehead atoms. The van der Waals surface area contributed by atoms with E-state index in [4.69, 9.17) is 0 Å². The third-order valence-electron chi connectivity index (χ3n) is 8.77. The third-order valence-corrected chi connectivity index (χ3v) is 8.77. The lowest BCUT2D eigenvalue weighted by Gasteiger charge is -2.58. The van der Waals surface area contributed by atoms with Gasteiger partial charge in [-0.1, -0.05) is 19.4 Å². The van der Waals surface area contributed by atoms with E-state index < -0.39 is 6.10 Å².